The van der Waals surface area contributed by atoms with E-state index in [0.29, 0.717) is 0 Å². The van der Waals surface area contributed by atoms with Crippen molar-refractivity contribution in [3.8, 4) is 0 Å². The number of halogens is 2. The minimum Gasteiger partial charge on any atom is -0.364 e. The number of aliphatic hydroxyl groups is 1. The van der Waals surface area contributed by atoms with Gasteiger partial charge in [-0.15, -0.1) is 0 Å². The molecule has 1 rings (SSSR count). The highest BCUT2D eigenvalue weighted by Crippen LogP contribution is 2.08. The van der Waals surface area contributed by atoms with Gasteiger partial charge in [0, 0.05) is 6.42 Å². The van der Waals surface area contributed by atoms with Crippen molar-refractivity contribution in [3.63, 3.8) is 0 Å². The molecule has 0 aliphatic heterocycles. The molecule has 1 unspecified atom stereocenters. The van der Waals surface area contributed by atoms with Gasteiger partial charge in [-0.25, -0.2) is 8.78 Å². The van der Waals surface area contributed by atoms with E-state index in [1.54, 1.807) is 6.07 Å². The number of aliphatic hydroxyl groups excluding tert-OH is 1. The van der Waals surface area contributed by atoms with Crippen LogP contribution in [0.4, 0.5) is 8.78 Å². The van der Waals surface area contributed by atoms with E-state index in [1.807, 2.05) is 0 Å². The van der Waals surface area contributed by atoms with Crippen LogP contribution in [0.25, 0.3) is 0 Å². The minimum atomic E-state index is -1.98. The summed E-state index contributed by atoms with van der Waals surface area (Å²) in [7, 11) is 0. The second kappa shape index (κ2) is 3.44. The van der Waals surface area contributed by atoms with Crippen LogP contribution in [0.15, 0.2) is 24.3 Å². The lowest BCUT2D eigenvalue weighted by Crippen LogP contribution is -2.03. The van der Waals surface area contributed by atoms with Crippen LogP contribution < -0.4 is 0 Å². The van der Waals surface area contributed by atoms with Gasteiger partial charge in [-0.1, -0.05) is 18.2 Å². The SMILES string of the molecule is OC(F)Cc1ccccc1F. The molecule has 1 atom stereocenters. The lowest BCUT2D eigenvalue weighted by atomic mass is 10.1. The van der Waals surface area contributed by atoms with Gasteiger partial charge in [-0.2, -0.15) is 0 Å². The third-order valence-corrected chi connectivity index (χ3v) is 1.35. The van der Waals surface area contributed by atoms with Crippen LogP contribution in [0.2, 0.25) is 0 Å². The molecule has 0 aliphatic rings. The largest absolute Gasteiger partial charge is 0.364 e. The lowest BCUT2D eigenvalue weighted by Gasteiger charge is -2.01. The number of rotatable bonds is 2. The zero-order valence-electron chi connectivity index (χ0n) is 5.80. The van der Waals surface area contributed by atoms with Gasteiger partial charge in [0.2, 0.25) is 6.36 Å². The van der Waals surface area contributed by atoms with Crippen molar-refractivity contribution in [1.29, 1.82) is 0 Å². The average Bonchev–Trinajstić information content (AvgIpc) is 1.93. The summed E-state index contributed by atoms with van der Waals surface area (Å²) in [5.74, 6) is -0.482. The van der Waals surface area contributed by atoms with Crippen molar-refractivity contribution in [2.24, 2.45) is 0 Å². The predicted octanol–water partition coefficient (Wildman–Crippen LogP) is 1.66. The highest BCUT2D eigenvalue weighted by atomic mass is 19.1. The highest BCUT2D eigenvalue weighted by Gasteiger charge is 2.05. The Balaban J connectivity index is 2.78. The fraction of sp³-hybridized carbons (Fsp3) is 0.250. The van der Waals surface area contributed by atoms with E-state index in [9.17, 15) is 8.78 Å². The summed E-state index contributed by atoms with van der Waals surface area (Å²) >= 11 is 0. The smallest absolute Gasteiger partial charge is 0.200 e. The van der Waals surface area contributed by atoms with Gasteiger partial charge in [0.25, 0.3) is 0 Å². The fourth-order valence-corrected chi connectivity index (χ4v) is 0.845. The van der Waals surface area contributed by atoms with Crippen molar-refractivity contribution in [2.45, 2.75) is 12.8 Å². The van der Waals surface area contributed by atoms with Crippen molar-refractivity contribution in [2.75, 3.05) is 0 Å². The molecule has 1 N–H and O–H groups in total. The second-order valence-electron chi connectivity index (χ2n) is 2.23. The normalized spacial score (nSPS) is 13.0. The van der Waals surface area contributed by atoms with E-state index in [-0.39, 0.29) is 12.0 Å². The Bertz CT molecular complexity index is 235. The van der Waals surface area contributed by atoms with Crippen LogP contribution in [0.3, 0.4) is 0 Å². The summed E-state index contributed by atoms with van der Waals surface area (Å²) in [5.41, 5.74) is 0.197. The molecule has 0 bridgehead atoms. The Labute approximate surface area is 63.3 Å². The monoisotopic (exact) mass is 158 g/mol. The molecule has 0 aromatic heterocycles. The third-order valence-electron chi connectivity index (χ3n) is 1.35. The molecule has 0 heterocycles. The summed E-state index contributed by atoms with van der Waals surface area (Å²) in [5, 5.41) is 8.30. The van der Waals surface area contributed by atoms with Gasteiger partial charge in [-0.05, 0) is 11.6 Å². The van der Waals surface area contributed by atoms with Crippen molar-refractivity contribution >= 4 is 0 Å². The van der Waals surface area contributed by atoms with E-state index in [1.165, 1.54) is 18.2 Å². The summed E-state index contributed by atoms with van der Waals surface area (Å²) in [6.07, 6.45) is -2.26. The first-order valence-electron chi connectivity index (χ1n) is 3.25. The number of hydrogen-bond acceptors (Lipinski definition) is 1. The van der Waals surface area contributed by atoms with Crippen LogP contribution in [0.1, 0.15) is 5.56 Å². The highest BCUT2D eigenvalue weighted by molar-refractivity contribution is 5.17. The Morgan fingerprint density at radius 3 is 2.55 bits per heavy atom. The number of benzene rings is 1. The second-order valence-corrected chi connectivity index (χ2v) is 2.23. The van der Waals surface area contributed by atoms with Crippen molar-refractivity contribution < 1.29 is 13.9 Å². The zero-order valence-corrected chi connectivity index (χ0v) is 5.80. The van der Waals surface area contributed by atoms with Crippen LogP contribution in [0, 0.1) is 5.82 Å². The fourth-order valence-electron chi connectivity index (χ4n) is 0.845. The van der Waals surface area contributed by atoms with Crippen LogP contribution in [0.5, 0.6) is 0 Å². The Hall–Kier alpha value is -0.960. The number of hydrogen-bond donors (Lipinski definition) is 1. The van der Waals surface area contributed by atoms with Crippen molar-refractivity contribution in [3.05, 3.63) is 35.6 Å². The molecule has 1 nitrogen and oxygen atoms in total. The molecule has 0 spiro atoms. The molecule has 3 heteroatoms. The standard InChI is InChI=1S/C8H8F2O/c9-7-4-2-1-3-6(7)5-8(10)11/h1-4,8,11H,5H2. The molecule has 0 saturated heterocycles. The van der Waals surface area contributed by atoms with E-state index in [2.05, 4.69) is 0 Å². The third kappa shape index (κ3) is 2.27. The zero-order chi connectivity index (χ0) is 8.27. The van der Waals surface area contributed by atoms with E-state index < -0.39 is 12.2 Å². The van der Waals surface area contributed by atoms with Gasteiger partial charge in [-0.3, -0.25) is 0 Å². The molecule has 0 saturated carbocycles. The first-order valence-corrected chi connectivity index (χ1v) is 3.25. The minimum absolute atomic E-state index is 0.197. The van der Waals surface area contributed by atoms with Crippen LogP contribution >= 0.6 is 0 Å². The maximum Gasteiger partial charge on any atom is 0.200 e. The first kappa shape index (κ1) is 8.14. The summed E-state index contributed by atoms with van der Waals surface area (Å²) in [4.78, 5) is 0. The average molecular weight is 158 g/mol. The molecule has 1 aromatic carbocycles. The maximum absolute atomic E-state index is 12.7. The van der Waals surface area contributed by atoms with Gasteiger partial charge in [0.1, 0.15) is 5.82 Å². The van der Waals surface area contributed by atoms with Gasteiger partial charge in [0.05, 0.1) is 0 Å². The predicted molar refractivity (Wildman–Crippen MR) is 37.2 cm³/mol. The van der Waals surface area contributed by atoms with Crippen molar-refractivity contribution in [1.82, 2.24) is 0 Å². The van der Waals surface area contributed by atoms with E-state index >= 15 is 0 Å². The van der Waals surface area contributed by atoms with Crippen LogP contribution in [-0.4, -0.2) is 11.5 Å². The molecular formula is C8H8F2O. The molecule has 0 aliphatic carbocycles. The topological polar surface area (TPSA) is 20.2 Å². The summed E-state index contributed by atoms with van der Waals surface area (Å²) < 4.78 is 24.6. The molecule has 11 heavy (non-hydrogen) atoms. The van der Waals surface area contributed by atoms with Gasteiger partial charge >= 0.3 is 0 Å². The summed E-state index contributed by atoms with van der Waals surface area (Å²) in [6.45, 7) is 0. The number of alkyl halides is 1. The molecule has 0 radical (unpaired) electrons. The first-order chi connectivity index (χ1) is 5.20. The Kier molecular flexibility index (Phi) is 2.54. The van der Waals surface area contributed by atoms with Crippen LogP contribution in [-0.2, 0) is 6.42 Å². The van der Waals surface area contributed by atoms with E-state index in [4.69, 9.17) is 5.11 Å². The molecule has 0 amide bonds. The maximum atomic E-state index is 12.7. The van der Waals surface area contributed by atoms with Gasteiger partial charge < -0.3 is 5.11 Å². The summed E-state index contributed by atoms with van der Waals surface area (Å²) in [6, 6.07) is 5.79. The van der Waals surface area contributed by atoms with Gasteiger partial charge in [0.15, 0.2) is 0 Å². The molecule has 0 fully saturated rings. The Morgan fingerprint density at radius 2 is 2.00 bits per heavy atom. The quantitative estimate of drug-likeness (QED) is 0.693. The Morgan fingerprint density at radius 1 is 1.36 bits per heavy atom. The molecular weight excluding hydrogens is 150 g/mol. The van der Waals surface area contributed by atoms with E-state index in [0.717, 1.165) is 0 Å². The molecule has 1 aromatic rings. The lowest BCUT2D eigenvalue weighted by molar-refractivity contribution is 0.0422. The molecule has 60 valence electrons.